The van der Waals surface area contributed by atoms with Crippen molar-refractivity contribution in [2.24, 2.45) is 5.73 Å². The highest BCUT2D eigenvalue weighted by molar-refractivity contribution is 5.94. The first-order valence-corrected chi connectivity index (χ1v) is 4.71. The van der Waals surface area contributed by atoms with Crippen molar-refractivity contribution in [3.05, 3.63) is 34.9 Å². The van der Waals surface area contributed by atoms with E-state index in [2.05, 4.69) is 0 Å². The van der Waals surface area contributed by atoms with Crippen LogP contribution in [0.5, 0.6) is 0 Å². The first kappa shape index (κ1) is 9.19. The number of halogens is 1. The fraction of sp³-hybridized carbons (Fsp3) is 0.364. The largest absolute Gasteiger partial charge is 0.366 e. The van der Waals surface area contributed by atoms with Gasteiger partial charge in [-0.25, -0.2) is 4.39 Å². The van der Waals surface area contributed by atoms with Crippen molar-refractivity contribution in [2.45, 2.75) is 25.4 Å². The highest BCUT2D eigenvalue weighted by atomic mass is 19.1. The van der Waals surface area contributed by atoms with E-state index in [4.69, 9.17) is 5.73 Å². The van der Waals surface area contributed by atoms with Crippen LogP contribution in [0.2, 0.25) is 0 Å². The molecule has 74 valence electrons. The van der Waals surface area contributed by atoms with Crippen LogP contribution in [0.4, 0.5) is 4.39 Å². The SMILES string of the molecule is NC(=O)c1ccc(CF)cc1C1CC1. The molecule has 1 fully saturated rings. The lowest BCUT2D eigenvalue weighted by molar-refractivity contribution is 0.0999. The zero-order valence-electron chi connectivity index (χ0n) is 7.79. The van der Waals surface area contributed by atoms with Crippen molar-refractivity contribution in [3.8, 4) is 0 Å². The fourth-order valence-corrected chi connectivity index (χ4v) is 1.65. The molecule has 1 aromatic rings. The number of hydrogen-bond donors (Lipinski definition) is 1. The third-order valence-corrected chi connectivity index (χ3v) is 2.55. The summed E-state index contributed by atoms with van der Waals surface area (Å²) in [5.41, 5.74) is 7.33. The summed E-state index contributed by atoms with van der Waals surface area (Å²) < 4.78 is 12.4. The number of benzene rings is 1. The smallest absolute Gasteiger partial charge is 0.248 e. The minimum atomic E-state index is -0.487. The number of carbonyl (C=O) groups is 1. The van der Waals surface area contributed by atoms with Crippen LogP contribution in [0, 0.1) is 0 Å². The van der Waals surface area contributed by atoms with Crippen molar-refractivity contribution < 1.29 is 9.18 Å². The highest BCUT2D eigenvalue weighted by Crippen LogP contribution is 2.41. The van der Waals surface area contributed by atoms with Gasteiger partial charge in [-0.3, -0.25) is 4.79 Å². The number of amides is 1. The molecular weight excluding hydrogens is 181 g/mol. The number of alkyl halides is 1. The molecule has 1 amide bonds. The summed E-state index contributed by atoms with van der Waals surface area (Å²) in [6.07, 6.45) is 2.16. The molecule has 1 aliphatic rings. The fourth-order valence-electron chi connectivity index (χ4n) is 1.65. The third kappa shape index (κ3) is 1.62. The van der Waals surface area contributed by atoms with Crippen molar-refractivity contribution in [1.29, 1.82) is 0 Å². The van der Waals surface area contributed by atoms with Crippen LogP contribution >= 0.6 is 0 Å². The summed E-state index contributed by atoms with van der Waals surface area (Å²) in [6.45, 7) is -0.487. The minimum Gasteiger partial charge on any atom is -0.366 e. The Balaban J connectivity index is 2.43. The van der Waals surface area contributed by atoms with Gasteiger partial charge >= 0.3 is 0 Å². The van der Waals surface area contributed by atoms with Crippen LogP contribution in [-0.2, 0) is 6.67 Å². The van der Waals surface area contributed by atoms with Gasteiger partial charge < -0.3 is 5.73 Å². The van der Waals surface area contributed by atoms with Crippen molar-refractivity contribution in [2.75, 3.05) is 0 Å². The van der Waals surface area contributed by atoms with E-state index in [0.717, 1.165) is 18.4 Å². The van der Waals surface area contributed by atoms with Gasteiger partial charge in [0.05, 0.1) is 0 Å². The highest BCUT2D eigenvalue weighted by Gasteiger charge is 2.27. The van der Waals surface area contributed by atoms with Gasteiger partial charge in [-0.05, 0) is 36.0 Å². The Morgan fingerprint density at radius 1 is 1.50 bits per heavy atom. The molecule has 2 nitrogen and oxygen atoms in total. The van der Waals surface area contributed by atoms with Crippen LogP contribution < -0.4 is 5.73 Å². The van der Waals surface area contributed by atoms with Gasteiger partial charge in [0.25, 0.3) is 0 Å². The molecule has 1 aliphatic carbocycles. The van der Waals surface area contributed by atoms with E-state index < -0.39 is 12.6 Å². The lowest BCUT2D eigenvalue weighted by Gasteiger charge is -2.06. The Bertz CT molecular complexity index is 372. The Hall–Kier alpha value is -1.38. The second-order valence-electron chi connectivity index (χ2n) is 3.69. The van der Waals surface area contributed by atoms with Gasteiger partial charge in [0, 0.05) is 5.56 Å². The predicted molar refractivity (Wildman–Crippen MR) is 51.7 cm³/mol. The van der Waals surface area contributed by atoms with Gasteiger partial charge in [0.2, 0.25) is 5.91 Å². The van der Waals surface area contributed by atoms with E-state index in [9.17, 15) is 9.18 Å². The second-order valence-corrected chi connectivity index (χ2v) is 3.69. The monoisotopic (exact) mass is 193 g/mol. The standard InChI is InChI=1S/C11H12FNO/c12-6-7-1-4-9(11(13)14)10(5-7)8-2-3-8/h1,4-5,8H,2-3,6H2,(H2,13,14). The lowest BCUT2D eigenvalue weighted by Crippen LogP contribution is -2.13. The molecule has 1 aromatic carbocycles. The second kappa shape index (κ2) is 3.40. The van der Waals surface area contributed by atoms with Gasteiger partial charge in [0.15, 0.2) is 0 Å². The Morgan fingerprint density at radius 3 is 2.71 bits per heavy atom. The summed E-state index contributed by atoms with van der Waals surface area (Å²) in [5.74, 6) is 0.00121. The number of nitrogens with two attached hydrogens (primary N) is 1. The predicted octanol–water partition coefficient (Wildman–Crippen LogP) is 2.13. The first-order valence-electron chi connectivity index (χ1n) is 4.71. The number of rotatable bonds is 3. The quantitative estimate of drug-likeness (QED) is 0.785. The summed E-state index contributed by atoms with van der Waals surface area (Å²) in [5, 5.41) is 0. The molecule has 0 heterocycles. The van der Waals surface area contributed by atoms with E-state index in [0.29, 0.717) is 17.0 Å². The molecule has 0 aliphatic heterocycles. The molecule has 0 aromatic heterocycles. The van der Waals surface area contributed by atoms with E-state index in [1.54, 1.807) is 18.2 Å². The molecule has 0 spiro atoms. The van der Waals surface area contributed by atoms with Gasteiger partial charge in [-0.15, -0.1) is 0 Å². The lowest BCUT2D eigenvalue weighted by atomic mass is 10.00. The molecule has 3 heteroatoms. The molecule has 0 saturated heterocycles. The van der Waals surface area contributed by atoms with E-state index in [-0.39, 0.29) is 0 Å². The first-order chi connectivity index (χ1) is 6.72. The van der Waals surface area contributed by atoms with Gasteiger partial charge in [-0.2, -0.15) is 0 Å². The molecule has 2 rings (SSSR count). The summed E-state index contributed by atoms with van der Waals surface area (Å²) >= 11 is 0. The summed E-state index contributed by atoms with van der Waals surface area (Å²) in [6, 6.07) is 5.01. The molecule has 1 saturated carbocycles. The Labute approximate surface area is 81.9 Å². The maximum absolute atomic E-state index is 12.4. The molecule has 0 bridgehead atoms. The van der Waals surface area contributed by atoms with Crippen LogP contribution in [0.15, 0.2) is 18.2 Å². The van der Waals surface area contributed by atoms with Crippen LogP contribution in [-0.4, -0.2) is 5.91 Å². The molecule has 0 radical (unpaired) electrons. The van der Waals surface area contributed by atoms with E-state index in [1.165, 1.54) is 0 Å². The minimum absolute atomic E-state index is 0.419. The number of primary amides is 1. The summed E-state index contributed by atoms with van der Waals surface area (Å²) in [7, 11) is 0. The van der Waals surface area contributed by atoms with Gasteiger partial charge in [-0.1, -0.05) is 12.1 Å². The maximum Gasteiger partial charge on any atom is 0.248 e. The number of carbonyl (C=O) groups excluding carboxylic acids is 1. The topological polar surface area (TPSA) is 43.1 Å². The van der Waals surface area contributed by atoms with Crippen molar-refractivity contribution in [1.82, 2.24) is 0 Å². The normalized spacial score (nSPS) is 15.5. The van der Waals surface area contributed by atoms with Crippen molar-refractivity contribution >= 4 is 5.91 Å². The Kier molecular flexibility index (Phi) is 2.23. The average Bonchev–Trinajstić information content (AvgIpc) is 3.00. The average molecular weight is 193 g/mol. The van der Waals surface area contributed by atoms with E-state index in [1.807, 2.05) is 0 Å². The van der Waals surface area contributed by atoms with Crippen LogP contribution in [0.3, 0.4) is 0 Å². The number of hydrogen-bond acceptors (Lipinski definition) is 1. The van der Waals surface area contributed by atoms with Crippen molar-refractivity contribution in [3.63, 3.8) is 0 Å². The third-order valence-electron chi connectivity index (χ3n) is 2.55. The summed E-state index contributed by atoms with van der Waals surface area (Å²) in [4.78, 5) is 11.1. The van der Waals surface area contributed by atoms with Crippen LogP contribution in [0.25, 0.3) is 0 Å². The van der Waals surface area contributed by atoms with Crippen LogP contribution in [0.1, 0.15) is 40.2 Å². The zero-order valence-corrected chi connectivity index (χ0v) is 7.79. The molecule has 0 atom stereocenters. The maximum atomic E-state index is 12.4. The zero-order chi connectivity index (χ0) is 10.1. The van der Waals surface area contributed by atoms with E-state index >= 15 is 0 Å². The molecular formula is C11H12FNO. The van der Waals surface area contributed by atoms with Gasteiger partial charge in [0.1, 0.15) is 6.67 Å². The Morgan fingerprint density at radius 2 is 2.21 bits per heavy atom. The molecule has 14 heavy (non-hydrogen) atoms. The molecule has 2 N–H and O–H groups in total. The molecule has 0 unspecified atom stereocenters.